The van der Waals surface area contributed by atoms with E-state index in [2.05, 4.69) is 5.32 Å². The Balaban J connectivity index is 2.12. The molecule has 0 aliphatic heterocycles. The Labute approximate surface area is 176 Å². The van der Waals surface area contributed by atoms with Crippen LogP contribution in [0.25, 0.3) is 0 Å². The molecule has 0 spiro atoms. The molecule has 0 atom stereocenters. The minimum Gasteiger partial charge on any atom is -0.465 e. The number of amides is 1. The third kappa shape index (κ3) is 5.34. The van der Waals surface area contributed by atoms with E-state index < -0.39 is 34.3 Å². The fourth-order valence-corrected chi connectivity index (χ4v) is 4.23. The highest BCUT2D eigenvalue weighted by atomic mass is 35.5. The number of carbonyl (C=O) groups excluding carboxylic acids is 3. The number of rotatable bonds is 6. The molecule has 0 saturated heterocycles. The van der Waals surface area contributed by atoms with Gasteiger partial charge in [-0.3, -0.25) is 4.79 Å². The minimum atomic E-state index is -3.55. The summed E-state index contributed by atoms with van der Waals surface area (Å²) in [6.45, 7) is 2.86. The van der Waals surface area contributed by atoms with E-state index in [0.29, 0.717) is 5.56 Å². The van der Waals surface area contributed by atoms with Crippen LogP contribution in [0.2, 0.25) is 5.02 Å². The molecule has 0 bridgehead atoms. The van der Waals surface area contributed by atoms with Crippen molar-refractivity contribution < 1.29 is 32.3 Å². The van der Waals surface area contributed by atoms with Gasteiger partial charge in [0, 0.05) is 11.1 Å². The van der Waals surface area contributed by atoms with Crippen LogP contribution >= 0.6 is 22.9 Å². The molecule has 8 nitrogen and oxygen atoms in total. The smallest absolute Gasteiger partial charge is 0.341 e. The molecule has 0 saturated carbocycles. The average molecular weight is 460 g/mol. The summed E-state index contributed by atoms with van der Waals surface area (Å²) in [6.07, 6.45) is 0.989. The molecule has 0 aliphatic carbocycles. The van der Waals surface area contributed by atoms with Gasteiger partial charge in [-0.05, 0) is 37.6 Å². The Morgan fingerprint density at radius 3 is 2.41 bits per heavy atom. The summed E-state index contributed by atoms with van der Waals surface area (Å²) in [5.74, 6) is -2.23. The van der Waals surface area contributed by atoms with Crippen LogP contribution in [0.1, 0.15) is 31.2 Å². The first kappa shape index (κ1) is 22.9. The predicted molar refractivity (Wildman–Crippen MR) is 109 cm³/mol. The minimum absolute atomic E-state index is 0.0136. The predicted octanol–water partition coefficient (Wildman–Crippen LogP) is 3.00. The first-order valence-corrected chi connectivity index (χ1v) is 11.2. The highest BCUT2D eigenvalue weighted by Crippen LogP contribution is 2.33. The lowest BCUT2D eigenvalue weighted by Gasteiger charge is -2.09. The maximum Gasteiger partial charge on any atom is 0.341 e. The van der Waals surface area contributed by atoms with Crippen molar-refractivity contribution in [3.63, 3.8) is 0 Å². The van der Waals surface area contributed by atoms with Gasteiger partial charge in [0.05, 0.1) is 28.2 Å². The summed E-state index contributed by atoms with van der Waals surface area (Å²) in [4.78, 5) is 37.1. The van der Waals surface area contributed by atoms with Gasteiger partial charge < -0.3 is 14.8 Å². The molecule has 0 fully saturated rings. The molecule has 29 heavy (non-hydrogen) atoms. The Morgan fingerprint density at radius 1 is 1.17 bits per heavy atom. The van der Waals surface area contributed by atoms with Crippen molar-refractivity contribution in [1.82, 2.24) is 0 Å². The van der Waals surface area contributed by atoms with Crippen LogP contribution < -0.4 is 5.32 Å². The summed E-state index contributed by atoms with van der Waals surface area (Å²) >= 11 is 7.12. The molecular formula is C18H18ClNO7S2. The molecule has 0 aliphatic rings. The lowest BCUT2D eigenvalue weighted by molar-refractivity contribution is -0.119. The zero-order chi connectivity index (χ0) is 21.9. The molecule has 156 valence electrons. The number of anilines is 1. The Hall–Kier alpha value is -2.43. The van der Waals surface area contributed by atoms with Crippen molar-refractivity contribution in [1.29, 1.82) is 0 Å². The van der Waals surface area contributed by atoms with E-state index in [4.69, 9.17) is 21.1 Å². The first-order valence-electron chi connectivity index (χ1n) is 8.10. The zero-order valence-electron chi connectivity index (χ0n) is 16.0. The van der Waals surface area contributed by atoms with Crippen LogP contribution in [-0.4, -0.2) is 46.2 Å². The highest BCUT2D eigenvalue weighted by molar-refractivity contribution is 7.90. The number of carbonyl (C=O) groups is 3. The van der Waals surface area contributed by atoms with Gasteiger partial charge in [0.1, 0.15) is 5.00 Å². The maximum absolute atomic E-state index is 12.2. The zero-order valence-corrected chi connectivity index (χ0v) is 18.4. The molecule has 2 rings (SSSR count). The molecule has 1 heterocycles. The summed E-state index contributed by atoms with van der Waals surface area (Å²) in [5.41, 5.74) is 0.734. The molecule has 1 aromatic carbocycles. The quantitative estimate of drug-likeness (QED) is 0.660. The molecule has 11 heteroatoms. The van der Waals surface area contributed by atoms with Crippen molar-refractivity contribution in [2.75, 3.05) is 25.3 Å². The third-order valence-corrected chi connectivity index (χ3v) is 6.51. The molecule has 2 aromatic rings. The number of esters is 2. The number of thiophene rings is 1. The van der Waals surface area contributed by atoms with Crippen LogP contribution in [0, 0.1) is 13.8 Å². The number of benzene rings is 1. The number of sulfone groups is 1. The second-order valence-corrected chi connectivity index (χ2v) is 9.66. The van der Waals surface area contributed by atoms with Gasteiger partial charge in [-0.1, -0.05) is 11.6 Å². The van der Waals surface area contributed by atoms with E-state index in [1.807, 2.05) is 0 Å². The van der Waals surface area contributed by atoms with Crippen LogP contribution in [0.3, 0.4) is 0 Å². The highest BCUT2D eigenvalue weighted by Gasteiger charge is 2.22. The van der Waals surface area contributed by atoms with Crippen molar-refractivity contribution >= 4 is 55.6 Å². The number of aryl methyl sites for hydroxylation is 1. The van der Waals surface area contributed by atoms with Crippen LogP contribution in [0.4, 0.5) is 5.00 Å². The Morgan fingerprint density at radius 2 is 1.83 bits per heavy atom. The fourth-order valence-electron chi connectivity index (χ4n) is 2.33. The summed E-state index contributed by atoms with van der Waals surface area (Å²) in [6, 6.07) is 3.60. The maximum atomic E-state index is 12.2. The largest absolute Gasteiger partial charge is 0.465 e. The molecule has 0 radical (unpaired) electrons. The molecule has 1 aromatic heterocycles. The van der Waals surface area contributed by atoms with Crippen LogP contribution in [-0.2, 0) is 24.1 Å². The lowest BCUT2D eigenvalue weighted by atomic mass is 10.1. The van der Waals surface area contributed by atoms with Gasteiger partial charge >= 0.3 is 11.9 Å². The monoisotopic (exact) mass is 459 g/mol. The molecule has 1 amide bonds. The van der Waals surface area contributed by atoms with Gasteiger partial charge in [0.25, 0.3) is 5.91 Å². The number of hydrogen-bond acceptors (Lipinski definition) is 8. The standard InChI is InChI=1S/C18H18ClNO7S2/c1-9-10(2)28-16(15(9)18(23)26-3)20-14(21)8-27-17(22)12-7-11(29(4,24)25)5-6-13(12)19/h5-7H,8H2,1-4H3,(H,20,21). The second kappa shape index (κ2) is 8.93. The number of methoxy groups -OCH3 is 1. The Kier molecular flexibility index (Phi) is 7.04. The van der Waals surface area contributed by atoms with Gasteiger partial charge in [0.2, 0.25) is 0 Å². The van der Waals surface area contributed by atoms with Gasteiger partial charge in [0.15, 0.2) is 16.4 Å². The lowest BCUT2D eigenvalue weighted by Crippen LogP contribution is -2.22. The van der Waals surface area contributed by atoms with E-state index in [1.165, 1.54) is 30.6 Å². The van der Waals surface area contributed by atoms with E-state index >= 15 is 0 Å². The van der Waals surface area contributed by atoms with Gasteiger partial charge in [-0.25, -0.2) is 18.0 Å². The average Bonchev–Trinajstić information content (AvgIpc) is 2.92. The molecular weight excluding hydrogens is 442 g/mol. The number of ether oxygens (including phenoxy) is 2. The SMILES string of the molecule is COC(=O)c1c(NC(=O)COC(=O)c2cc(S(C)(=O)=O)ccc2Cl)sc(C)c1C. The van der Waals surface area contributed by atoms with E-state index in [1.54, 1.807) is 13.8 Å². The fraction of sp³-hybridized carbons (Fsp3) is 0.278. The van der Waals surface area contributed by atoms with Crippen LogP contribution in [0.5, 0.6) is 0 Å². The number of hydrogen-bond donors (Lipinski definition) is 1. The number of halogens is 1. The third-order valence-electron chi connectivity index (χ3n) is 3.95. The second-order valence-electron chi connectivity index (χ2n) is 6.02. The summed E-state index contributed by atoms with van der Waals surface area (Å²) in [5, 5.41) is 2.79. The summed E-state index contributed by atoms with van der Waals surface area (Å²) < 4.78 is 32.9. The van der Waals surface area contributed by atoms with Crippen molar-refractivity contribution in [3.05, 3.63) is 44.8 Å². The normalized spacial score (nSPS) is 11.1. The Bertz CT molecular complexity index is 1090. The van der Waals surface area contributed by atoms with E-state index in [0.717, 1.165) is 17.2 Å². The first-order chi connectivity index (χ1) is 13.5. The van der Waals surface area contributed by atoms with Gasteiger partial charge in [-0.15, -0.1) is 11.3 Å². The molecule has 0 unspecified atom stereocenters. The topological polar surface area (TPSA) is 116 Å². The van der Waals surface area contributed by atoms with Crippen LogP contribution in [0.15, 0.2) is 23.1 Å². The van der Waals surface area contributed by atoms with Gasteiger partial charge in [-0.2, -0.15) is 0 Å². The molecule has 1 N–H and O–H groups in total. The van der Waals surface area contributed by atoms with E-state index in [9.17, 15) is 22.8 Å². The number of nitrogens with one attached hydrogen (secondary N) is 1. The van der Waals surface area contributed by atoms with Crippen molar-refractivity contribution in [2.24, 2.45) is 0 Å². The van der Waals surface area contributed by atoms with E-state index in [-0.39, 0.29) is 26.0 Å². The summed E-state index contributed by atoms with van der Waals surface area (Å²) in [7, 11) is -2.32. The van der Waals surface area contributed by atoms with Crippen molar-refractivity contribution in [2.45, 2.75) is 18.7 Å². The van der Waals surface area contributed by atoms with Crippen molar-refractivity contribution in [3.8, 4) is 0 Å².